The first-order valence-corrected chi connectivity index (χ1v) is 7.75. The molecular weight excluding hydrogens is 264 g/mol. The van der Waals surface area contributed by atoms with Gasteiger partial charge in [0.05, 0.1) is 5.41 Å². The largest absolute Gasteiger partial charge is 0.273 e. The average molecular weight is 286 g/mol. The molecule has 21 heavy (non-hydrogen) atoms. The molecule has 1 saturated carbocycles. The second-order valence-corrected chi connectivity index (χ2v) is 6.35. The smallest absolute Gasteiger partial charge is 0.251 e. The van der Waals surface area contributed by atoms with Crippen LogP contribution < -0.4 is 0 Å². The maximum atomic E-state index is 13.0. The first kappa shape index (κ1) is 14.1. The summed E-state index contributed by atoms with van der Waals surface area (Å²) in [6, 6.07) is 9.97. The molecule has 0 atom stereocenters. The summed E-state index contributed by atoms with van der Waals surface area (Å²) in [6.45, 7) is 5.08. The lowest BCUT2D eigenvalue weighted by molar-refractivity contribution is -0.161. The summed E-state index contributed by atoms with van der Waals surface area (Å²) in [4.78, 5) is 25.3. The second kappa shape index (κ2) is 5.17. The zero-order valence-electron chi connectivity index (χ0n) is 12.7. The van der Waals surface area contributed by atoms with Crippen molar-refractivity contribution in [3.63, 3.8) is 0 Å². The Kier molecular flexibility index (Phi) is 3.47. The van der Waals surface area contributed by atoms with Crippen LogP contribution in [0.4, 0.5) is 0 Å². The van der Waals surface area contributed by atoms with E-state index in [-0.39, 0.29) is 23.1 Å². The van der Waals surface area contributed by atoms with Crippen LogP contribution in [0, 0.1) is 5.92 Å². The molecule has 3 rings (SSSR count). The molecule has 1 aliphatic heterocycles. The molecule has 0 aromatic heterocycles. The minimum absolute atomic E-state index is 0.0460. The highest BCUT2D eigenvalue weighted by molar-refractivity contribution is 5.93. The first-order chi connectivity index (χ1) is 10.1. The molecule has 0 N–H and O–H groups in total. The van der Waals surface area contributed by atoms with Crippen LogP contribution in [0.3, 0.4) is 0 Å². The summed E-state index contributed by atoms with van der Waals surface area (Å²) >= 11 is 0. The molecule has 2 amide bonds. The summed E-state index contributed by atoms with van der Waals surface area (Å²) < 4.78 is 0. The summed E-state index contributed by atoms with van der Waals surface area (Å²) in [7, 11) is 0. The maximum absolute atomic E-state index is 13.0. The van der Waals surface area contributed by atoms with Gasteiger partial charge < -0.3 is 0 Å². The third-order valence-electron chi connectivity index (χ3n) is 4.50. The van der Waals surface area contributed by atoms with E-state index in [4.69, 9.17) is 0 Å². The van der Waals surface area contributed by atoms with E-state index < -0.39 is 0 Å². The number of hydrogen-bond donors (Lipinski definition) is 0. The van der Waals surface area contributed by atoms with E-state index in [0.29, 0.717) is 13.1 Å². The quantitative estimate of drug-likeness (QED) is 0.856. The summed E-state index contributed by atoms with van der Waals surface area (Å²) in [5, 5.41) is 3.36. The van der Waals surface area contributed by atoms with E-state index in [0.717, 1.165) is 24.8 Å². The zero-order valence-corrected chi connectivity index (χ0v) is 12.7. The minimum Gasteiger partial charge on any atom is -0.273 e. The second-order valence-electron chi connectivity index (χ2n) is 6.35. The number of amides is 2. The van der Waals surface area contributed by atoms with Gasteiger partial charge in [-0.05, 0) is 24.8 Å². The lowest BCUT2D eigenvalue weighted by atomic mass is 9.95. The number of hydrazine groups is 1. The predicted molar refractivity (Wildman–Crippen MR) is 80.2 cm³/mol. The molecule has 1 heterocycles. The Hall–Kier alpha value is -1.84. The van der Waals surface area contributed by atoms with Gasteiger partial charge in [0.15, 0.2) is 0 Å². The molecule has 112 valence electrons. The third kappa shape index (κ3) is 2.33. The number of benzene rings is 1. The molecule has 0 bridgehead atoms. The molecule has 1 aliphatic carbocycles. The van der Waals surface area contributed by atoms with Crippen molar-refractivity contribution < 1.29 is 9.59 Å². The molecular formula is C17H22N2O2. The van der Waals surface area contributed by atoms with Gasteiger partial charge in [-0.15, -0.1) is 0 Å². The van der Waals surface area contributed by atoms with Gasteiger partial charge in [0.1, 0.15) is 0 Å². The number of carbonyl (C=O) groups is 2. The zero-order chi connectivity index (χ0) is 15.0. The van der Waals surface area contributed by atoms with Crippen molar-refractivity contribution in [3.8, 4) is 0 Å². The van der Waals surface area contributed by atoms with Gasteiger partial charge in [0, 0.05) is 19.0 Å². The summed E-state index contributed by atoms with van der Waals surface area (Å²) in [5.74, 6) is 0.0650. The molecule has 2 aliphatic rings. The SMILES string of the molecule is CC(C)C(=O)N1CCCN1C(=O)C1(c2ccccc2)CC1. The fourth-order valence-electron chi connectivity index (χ4n) is 3.11. The standard InChI is InChI=1S/C17H22N2O2/c1-13(2)15(20)18-11-6-12-19(18)16(21)17(9-10-17)14-7-4-3-5-8-14/h3-5,7-8,13H,6,9-12H2,1-2H3. The van der Waals surface area contributed by atoms with Crippen molar-refractivity contribution in [1.29, 1.82) is 0 Å². The van der Waals surface area contributed by atoms with Gasteiger partial charge in [-0.1, -0.05) is 44.2 Å². The van der Waals surface area contributed by atoms with Gasteiger partial charge in [-0.2, -0.15) is 0 Å². The van der Waals surface area contributed by atoms with Crippen molar-refractivity contribution >= 4 is 11.8 Å². The predicted octanol–water partition coefficient (Wildman–Crippen LogP) is 2.35. The van der Waals surface area contributed by atoms with E-state index >= 15 is 0 Å². The molecule has 2 fully saturated rings. The Balaban J connectivity index is 1.84. The van der Waals surface area contributed by atoms with Crippen LogP contribution in [-0.2, 0) is 15.0 Å². The number of hydrogen-bond acceptors (Lipinski definition) is 2. The lowest BCUT2D eigenvalue weighted by Crippen LogP contribution is -2.50. The van der Waals surface area contributed by atoms with Crippen molar-refractivity contribution in [3.05, 3.63) is 35.9 Å². The molecule has 1 saturated heterocycles. The van der Waals surface area contributed by atoms with E-state index in [2.05, 4.69) is 0 Å². The highest BCUT2D eigenvalue weighted by Gasteiger charge is 2.54. The fraction of sp³-hybridized carbons (Fsp3) is 0.529. The van der Waals surface area contributed by atoms with Gasteiger partial charge in [-0.25, -0.2) is 0 Å². The van der Waals surface area contributed by atoms with Crippen molar-refractivity contribution in [2.45, 2.75) is 38.5 Å². The van der Waals surface area contributed by atoms with Crippen LogP contribution in [0.1, 0.15) is 38.7 Å². The Bertz CT molecular complexity index is 549. The number of rotatable bonds is 3. The molecule has 4 nitrogen and oxygen atoms in total. The average Bonchev–Trinajstić information content (AvgIpc) is 3.17. The Morgan fingerprint density at radius 3 is 2.24 bits per heavy atom. The molecule has 1 aromatic carbocycles. The van der Waals surface area contributed by atoms with Crippen molar-refractivity contribution in [2.24, 2.45) is 5.92 Å². The van der Waals surface area contributed by atoms with Crippen LogP contribution in [0.5, 0.6) is 0 Å². The van der Waals surface area contributed by atoms with Gasteiger partial charge >= 0.3 is 0 Å². The Morgan fingerprint density at radius 1 is 1.05 bits per heavy atom. The Morgan fingerprint density at radius 2 is 1.67 bits per heavy atom. The molecule has 4 heteroatoms. The lowest BCUT2D eigenvalue weighted by Gasteiger charge is -2.32. The van der Waals surface area contributed by atoms with E-state index in [1.807, 2.05) is 44.2 Å². The molecule has 0 unspecified atom stereocenters. The van der Waals surface area contributed by atoms with Gasteiger partial charge in [-0.3, -0.25) is 19.6 Å². The van der Waals surface area contributed by atoms with Crippen LogP contribution >= 0.6 is 0 Å². The molecule has 0 radical (unpaired) electrons. The van der Waals surface area contributed by atoms with Crippen molar-refractivity contribution in [1.82, 2.24) is 10.0 Å². The monoisotopic (exact) mass is 286 g/mol. The number of nitrogens with zero attached hydrogens (tertiary/aromatic N) is 2. The number of carbonyl (C=O) groups excluding carboxylic acids is 2. The fourth-order valence-corrected chi connectivity index (χ4v) is 3.11. The van der Waals surface area contributed by atoms with Gasteiger partial charge in [0.25, 0.3) is 5.91 Å². The topological polar surface area (TPSA) is 40.6 Å². The minimum atomic E-state index is -0.388. The van der Waals surface area contributed by atoms with Crippen molar-refractivity contribution in [2.75, 3.05) is 13.1 Å². The normalized spacial score (nSPS) is 20.0. The van der Waals surface area contributed by atoms with Crippen LogP contribution in [0.2, 0.25) is 0 Å². The van der Waals surface area contributed by atoms with Crippen LogP contribution in [0.15, 0.2) is 30.3 Å². The van der Waals surface area contributed by atoms with E-state index in [1.165, 1.54) is 0 Å². The van der Waals surface area contributed by atoms with Gasteiger partial charge in [0.2, 0.25) is 5.91 Å². The van der Waals surface area contributed by atoms with E-state index in [1.54, 1.807) is 10.0 Å². The highest BCUT2D eigenvalue weighted by atomic mass is 16.2. The Labute approximate surface area is 125 Å². The van der Waals surface area contributed by atoms with Crippen LogP contribution in [0.25, 0.3) is 0 Å². The molecule has 1 aromatic rings. The summed E-state index contributed by atoms with van der Waals surface area (Å²) in [5.41, 5.74) is 0.694. The summed E-state index contributed by atoms with van der Waals surface area (Å²) in [6.07, 6.45) is 2.64. The van der Waals surface area contributed by atoms with Crippen LogP contribution in [-0.4, -0.2) is 34.9 Å². The molecule has 0 spiro atoms. The third-order valence-corrected chi connectivity index (χ3v) is 4.50. The maximum Gasteiger partial charge on any atom is 0.251 e. The highest BCUT2D eigenvalue weighted by Crippen LogP contribution is 2.50. The van der Waals surface area contributed by atoms with E-state index in [9.17, 15) is 9.59 Å². The first-order valence-electron chi connectivity index (χ1n) is 7.75.